The van der Waals surface area contributed by atoms with Crippen LogP contribution < -0.4 is 10.6 Å². The minimum atomic E-state index is -0.595. The van der Waals surface area contributed by atoms with Crippen molar-refractivity contribution in [3.63, 3.8) is 0 Å². The van der Waals surface area contributed by atoms with Gasteiger partial charge in [-0.15, -0.1) is 0 Å². The van der Waals surface area contributed by atoms with Crippen LogP contribution in [0.2, 0.25) is 0 Å². The van der Waals surface area contributed by atoms with Crippen molar-refractivity contribution in [2.75, 3.05) is 18.4 Å². The van der Waals surface area contributed by atoms with Crippen molar-refractivity contribution < 1.29 is 19.1 Å². The van der Waals surface area contributed by atoms with E-state index in [2.05, 4.69) is 10.6 Å². The van der Waals surface area contributed by atoms with Gasteiger partial charge in [0.15, 0.2) is 0 Å². The zero-order valence-electron chi connectivity index (χ0n) is 17.2. The molecule has 0 aromatic heterocycles. The third-order valence-electron chi connectivity index (χ3n) is 4.31. The van der Waals surface area contributed by atoms with Gasteiger partial charge in [-0.2, -0.15) is 0 Å². The standard InChI is InChI=1S/C21H31N3O4/c1-5-8-18(25)22-17-11-7-12-24(14-17)19(26)15-9-6-10-16(13-15)23-20(27)28-21(2,3)4/h6,9-10,13,17H,5,7-8,11-12,14H2,1-4H3,(H,22,25)(H,23,27). The molecule has 1 saturated heterocycles. The predicted octanol–water partition coefficient (Wildman–Crippen LogP) is 3.55. The lowest BCUT2D eigenvalue weighted by Gasteiger charge is -2.33. The first-order chi connectivity index (χ1) is 13.2. The van der Waals surface area contributed by atoms with Gasteiger partial charge in [0.25, 0.3) is 5.91 Å². The van der Waals surface area contributed by atoms with Crippen LogP contribution in [0.1, 0.15) is 63.7 Å². The highest BCUT2D eigenvalue weighted by atomic mass is 16.6. The lowest BCUT2D eigenvalue weighted by atomic mass is 10.0. The van der Waals surface area contributed by atoms with Gasteiger partial charge in [0.2, 0.25) is 5.91 Å². The zero-order valence-corrected chi connectivity index (χ0v) is 17.2. The van der Waals surface area contributed by atoms with E-state index in [9.17, 15) is 14.4 Å². The second-order valence-electron chi connectivity index (χ2n) is 8.12. The number of carbonyl (C=O) groups is 3. The summed E-state index contributed by atoms with van der Waals surface area (Å²) in [5, 5.41) is 5.67. The molecule has 154 valence electrons. The van der Waals surface area contributed by atoms with Crippen molar-refractivity contribution in [1.29, 1.82) is 0 Å². The van der Waals surface area contributed by atoms with Crippen molar-refractivity contribution in [1.82, 2.24) is 10.2 Å². The molecule has 1 aromatic carbocycles. The molecule has 0 aliphatic carbocycles. The fourth-order valence-corrected chi connectivity index (χ4v) is 3.14. The maximum absolute atomic E-state index is 12.9. The molecular formula is C21H31N3O4. The molecule has 7 heteroatoms. The first kappa shape index (κ1) is 21.7. The summed E-state index contributed by atoms with van der Waals surface area (Å²) < 4.78 is 5.24. The predicted molar refractivity (Wildman–Crippen MR) is 108 cm³/mol. The monoisotopic (exact) mass is 389 g/mol. The molecule has 2 rings (SSSR count). The van der Waals surface area contributed by atoms with Crippen LogP contribution in [0, 0.1) is 0 Å². The Bertz CT molecular complexity index is 712. The molecule has 0 spiro atoms. The highest BCUT2D eigenvalue weighted by molar-refractivity contribution is 5.96. The lowest BCUT2D eigenvalue weighted by molar-refractivity contribution is -0.122. The number of carbonyl (C=O) groups excluding carboxylic acids is 3. The topological polar surface area (TPSA) is 87.7 Å². The normalized spacial score (nSPS) is 17.0. The van der Waals surface area contributed by atoms with E-state index in [1.165, 1.54) is 0 Å². The molecule has 0 bridgehead atoms. The summed E-state index contributed by atoms with van der Waals surface area (Å²) >= 11 is 0. The molecule has 0 radical (unpaired) electrons. The Kier molecular flexibility index (Phi) is 7.43. The summed E-state index contributed by atoms with van der Waals surface area (Å²) in [4.78, 5) is 38.4. The lowest BCUT2D eigenvalue weighted by Crippen LogP contribution is -2.49. The van der Waals surface area contributed by atoms with Gasteiger partial charge in [0.1, 0.15) is 5.60 Å². The Morgan fingerprint density at radius 2 is 2.00 bits per heavy atom. The minimum absolute atomic E-state index is 0.0141. The number of likely N-dealkylation sites (tertiary alicyclic amines) is 1. The number of anilines is 1. The first-order valence-electron chi connectivity index (χ1n) is 9.86. The number of piperidine rings is 1. The second-order valence-corrected chi connectivity index (χ2v) is 8.12. The van der Waals surface area contributed by atoms with Gasteiger partial charge in [-0.3, -0.25) is 14.9 Å². The van der Waals surface area contributed by atoms with Crippen LogP contribution in [-0.2, 0) is 9.53 Å². The third-order valence-corrected chi connectivity index (χ3v) is 4.31. The largest absolute Gasteiger partial charge is 0.444 e. The van der Waals surface area contributed by atoms with Crippen LogP contribution >= 0.6 is 0 Å². The van der Waals surface area contributed by atoms with Crippen molar-refractivity contribution >= 4 is 23.6 Å². The molecular weight excluding hydrogens is 358 g/mol. The van der Waals surface area contributed by atoms with E-state index in [0.29, 0.717) is 30.8 Å². The summed E-state index contributed by atoms with van der Waals surface area (Å²) in [7, 11) is 0. The Morgan fingerprint density at radius 1 is 1.25 bits per heavy atom. The van der Waals surface area contributed by atoms with E-state index in [1.807, 2.05) is 6.92 Å². The number of amides is 3. The number of rotatable bonds is 5. The quantitative estimate of drug-likeness (QED) is 0.806. The smallest absolute Gasteiger partial charge is 0.412 e. The maximum Gasteiger partial charge on any atom is 0.412 e. The van der Waals surface area contributed by atoms with Crippen LogP contribution in [0.5, 0.6) is 0 Å². The zero-order chi connectivity index (χ0) is 20.7. The number of nitrogens with zero attached hydrogens (tertiary/aromatic N) is 1. The van der Waals surface area contributed by atoms with Crippen LogP contribution in [0.15, 0.2) is 24.3 Å². The highest BCUT2D eigenvalue weighted by Crippen LogP contribution is 2.18. The molecule has 1 unspecified atom stereocenters. The van der Waals surface area contributed by atoms with Crippen LogP contribution in [0.3, 0.4) is 0 Å². The van der Waals surface area contributed by atoms with E-state index >= 15 is 0 Å². The fourth-order valence-electron chi connectivity index (χ4n) is 3.14. The Hall–Kier alpha value is -2.57. The maximum atomic E-state index is 12.9. The Labute approximate surface area is 166 Å². The van der Waals surface area contributed by atoms with E-state index < -0.39 is 11.7 Å². The number of benzene rings is 1. The van der Waals surface area contributed by atoms with Crippen molar-refractivity contribution in [3.05, 3.63) is 29.8 Å². The van der Waals surface area contributed by atoms with E-state index in [0.717, 1.165) is 19.3 Å². The average Bonchev–Trinajstić information content (AvgIpc) is 2.60. The van der Waals surface area contributed by atoms with Crippen molar-refractivity contribution in [2.45, 2.75) is 65.0 Å². The number of hydrogen-bond donors (Lipinski definition) is 2. The van der Waals surface area contributed by atoms with Gasteiger partial charge in [0.05, 0.1) is 0 Å². The van der Waals surface area contributed by atoms with Gasteiger partial charge in [0, 0.05) is 36.8 Å². The molecule has 2 N–H and O–H groups in total. The molecule has 3 amide bonds. The van der Waals surface area contributed by atoms with Gasteiger partial charge in [-0.1, -0.05) is 13.0 Å². The van der Waals surface area contributed by atoms with Crippen LogP contribution in [-0.4, -0.2) is 47.5 Å². The fraction of sp³-hybridized carbons (Fsp3) is 0.571. The number of ether oxygens (including phenoxy) is 1. The molecule has 7 nitrogen and oxygen atoms in total. The molecule has 1 heterocycles. The Balaban J connectivity index is 1.99. The third kappa shape index (κ3) is 6.87. The molecule has 28 heavy (non-hydrogen) atoms. The van der Waals surface area contributed by atoms with Gasteiger partial charge < -0.3 is 15.0 Å². The second kappa shape index (κ2) is 9.57. The summed E-state index contributed by atoms with van der Waals surface area (Å²) in [6.07, 6.45) is 2.47. The summed E-state index contributed by atoms with van der Waals surface area (Å²) in [5.41, 5.74) is 0.404. The first-order valence-corrected chi connectivity index (χ1v) is 9.86. The van der Waals surface area contributed by atoms with E-state index in [1.54, 1.807) is 49.9 Å². The molecule has 1 aliphatic heterocycles. The van der Waals surface area contributed by atoms with E-state index in [-0.39, 0.29) is 17.9 Å². The molecule has 1 aromatic rings. The van der Waals surface area contributed by atoms with E-state index in [4.69, 9.17) is 4.74 Å². The highest BCUT2D eigenvalue weighted by Gasteiger charge is 2.25. The van der Waals surface area contributed by atoms with Crippen LogP contribution in [0.4, 0.5) is 10.5 Å². The van der Waals surface area contributed by atoms with Crippen molar-refractivity contribution in [3.8, 4) is 0 Å². The summed E-state index contributed by atoms with van der Waals surface area (Å²) in [6.45, 7) is 8.49. The molecule has 0 saturated carbocycles. The Morgan fingerprint density at radius 3 is 2.68 bits per heavy atom. The minimum Gasteiger partial charge on any atom is -0.444 e. The summed E-state index contributed by atoms with van der Waals surface area (Å²) in [5.74, 6) is -0.0763. The number of hydrogen-bond acceptors (Lipinski definition) is 4. The molecule has 1 atom stereocenters. The van der Waals surface area contributed by atoms with Gasteiger partial charge in [-0.05, 0) is 58.2 Å². The van der Waals surface area contributed by atoms with Gasteiger partial charge >= 0.3 is 6.09 Å². The summed E-state index contributed by atoms with van der Waals surface area (Å²) in [6, 6.07) is 6.79. The number of nitrogens with one attached hydrogen (secondary N) is 2. The molecule has 1 fully saturated rings. The SMILES string of the molecule is CCCC(=O)NC1CCCN(C(=O)c2cccc(NC(=O)OC(C)(C)C)c2)C1. The average molecular weight is 389 g/mol. The van der Waals surface area contributed by atoms with Crippen LogP contribution in [0.25, 0.3) is 0 Å². The molecule has 1 aliphatic rings. The van der Waals surface area contributed by atoms with Crippen molar-refractivity contribution in [2.24, 2.45) is 0 Å². The van der Waals surface area contributed by atoms with Gasteiger partial charge in [-0.25, -0.2) is 4.79 Å².